The smallest absolute Gasteiger partial charge is 0.410 e. The van der Waals surface area contributed by atoms with E-state index < -0.39 is 5.60 Å². The maximum absolute atomic E-state index is 13.7. The molecule has 2 saturated heterocycles. The molecule has 11 heteroatoms. The Morgan fingerprint density at radius 2 is 1.60 bits per heavy atom. The second kappa shape index (κ2) is 15.0. The molecular weight excluding hydrogens is 668 g/mol. The molecule has 0 bridgehead atoms. The molecule has 7 rings (SSSR count). The topological polar surface area (TPSA) is 110 Å². The van der Waals surface area contributed by atoms with Crippen LogP contribution in [0, 0.1) is 11.8 Å². The number of fused-ring (bicyclic) bond motifs is 2. The lowest BCUT2D eigenvalue weighted by atomic mass is 9.96. The summed E-state index contributed by atoms with van der Waals surface area (Å²) in [6, 6.07) is 14.8. The average Bonchev–Trinajstić information content (AvgIpc) is 3.40. The quantitative estimate of drug-likeness (QED) is 0.147. The van der Waals surface area contributed by atoms with Crippen molar-refractivity contribution in [2.24, 2.45) is 0 Å². The van der Waals surface area contributed by atoms with Crippen molar-refractivity contribution in [1.82, 2.24) is 24.6 Å². The number of ether oxygens (including phenoxy) is 2. The summed E-state index contributed by atoms with van der Waals surface area (Å²) < 4.78 is 14.9. The minimum atomic E-state index is -0.564. The van der Waals surface area contributed by atoms with Crippen molar-refractivity contribution in [1.29, 1.82) is 0 Å². The number of pyridine rings is 1. The van der Waals surface area contributed by atoms with Crippen LogP contribution in [0.15, 0.2) is 48.7 Å². The summed E-state index contributed by atoms with van der Waals surface area (Å²) in [5.74, 6) is -0.0467. The largest absolute Gasteiger partial charge is 0.444 e. The summed E-state index contributed by atoms with van der Waals surface area (Å²) in [6.45, 7) is 13.9. The molecule has 280 valence electrons. The van der Waals surface area contributed by atoms with Gasteiger partial charge in [-0.25, -0.2) is 14.5 Å². The number of nitrogens with zero attached hydrogens (tertiary/aromatic N) is 6. The van der Waals surface area contributed by atoms with Crippen LogP contribution >= 0.6 is 0 Å². The van der Waals surface area contributed by atoms with Gasteiger partial charge in [-0.15, -0.1) is 0 Å². The van der Waals surface area contributed by atoms with E-state index in [4.69, 9.17) is 19.6 Å². The SMILES string of the molecule is Cc1cc(-c2nn(C3CCCCO3)c3ncc(-c4ccc5c(c4)CCC([N+](=O)C(C)C)CC5)cc23)ccc1C(=O)N1CCN(C(=O)OC(C)(C)C)CC1. The number of carbonyl (C=O) groups excluding carboxylic acids is 2. The maximum Gasteiger partial charge on any atom is 0.410 e. The fourth-order valence-electron chi connectivity index (χ4n) is 7.90. The number of aromatic nitrogens is 3. The van der Waals surface area contributed by atoms with Crippen LogP contribution in [0.5, 0.6) is 0 Å². The van der Waals surface area contributed by atoms with Crippen LogP contribution in [0.1, 0.15) is 100.0 Å². The first kappa shape index (κ1) is 36.7. The zero-order valence-corrected chi connectivity index (χ0v) is 32.1. The molecule has 0 spiro atoms. The van der Waals surface area contributed by atoms with Crippen LogP contribution in [-0.4, -0.2) is 91.8 Å². The second-order valence-electron chi connectivity index (χ2n) is 16.2. The molecule has 0 N–H and O–H groups in total. The van der Waals surface area contributed by atoms with E-state index in [0.717, 1.165) is 83.9 Å². The lowest BCUT2D eigenvalue weighted by Gasteiger charge is -2.35. The molecule has 0 saturated carbocycles. The van der Waals surface area contributed by atoms with Crippen molar-refractivity contribution < 1.29 is 23.8 Å². The standard InChI is InChI=1S/C42H53N6O5/c1-27(2)48(51)34-15-12-29-10-11-31(24-30(29)13-16-34)33-25-36-38(44-47(39(36)43-26-33)37-9-7-8-22-52-37)32-14-17-35(28(3)23-32)40(49)45-18-20-46(21-19-45)41(50)53-42(4,5)6/h10-11,14,17,23-27,34,37H,7-9,12-13,15-16,18-22H2,1-6H3/q+1. The molecule has 2 fully saturated rings. The van der Waals surface area contributed by atoms with E-state index in [1.807, 2.05) is 75.5 Å². The van der Waals surface area contributed by atoms with Crippen LogP contribution in [-0.2, 0) is 22.3 Å². The second-order valence-corrected chi connectivity index (χ2v) is 16.2. The molecular formula is C42H53N6O5+. The molecule has 2 amide bonds. The lowest BCUT2D eigenvalue weighted by Crippen LogP contribution is -2.51. The highest BCUT2D eigenvalue weighted by Gasteiger charge is 2.31. The number of nitroso groups, excluding NO2 is 1. The summed E-state index contributed by atoms with van der Waals surface area (Å²) in [5.41, 5.74) is 8.15. The molecule has 4 heterocycles. The van der Waals surface area contributed by atoms with Crippen LogP contribution in [0.3, 0.4) is 0 Å². The lowest BCUT2D eigenvalue weighted by molar-refractivity contribution is -0.615. The Labute approximate surface area is 312 Å². The van der Waals surface area contributed by atoms with Gasteiger partial charge in [0.05, 0.1) is 0 Å². The first-order valence-electron chi connectivity index (χ1n) is 19.3. The number of rotatable bonds is 6. The average molecular weight is 722 g/mol. The van der Waals surface area contributed by atoms with Crippen LogP contribution in [0.25, 0.3) is 33.4 Å². The van der Waals surface area contributed by atoms with Gasteiger partial charge in [-0.1, -0.05) is 24.3 Å². The third-order valence-corrected chi connectivity index (χ3v) is 10.8. The van der Waals surface area contributed by atoms with Gasteiger partial charge >= 0.3 is 6.09 Å². The van der Waals surface area contributed by atoms with Crippen molar-refractivity contribution >= 4 is 23.0 Å². The molecule has 4 aromatic rings. The van der Waals surface area contributed by atoms with E-state index in [1.165, 1.54) is 15.9 Å². The fourth-order valence-corrected chi connectivity index (χ4v) is 7.90. The van der Waals surface area contributed by atoms with Gasteiger partial charge in [-0.2, -0.15) is 5.10 Å². The van der Waals surface area contributed by atoms with Crippen molar-refractivity contribution in [2.75, 3.05) is 32.8 Å². The van der Waals surface area contributed by atoms with Crippen LogP contribution in [0.4, 0.5) is 4.79 Å². The molecule has 11 nitrogen and oxygen atoms in total. The summed E-state index contributed by atoms with van der Waals surface area (Å²) in [4.78, 5) is 47.5. The van der Waals surface area contributed by atoms with Crippen molar-refractivity contribution in [3.63, 3.8) is 0 Å². The van der Waals surface area contributed by atoms with E-state index in [1.54, 1.807) is 4.90 Å². The molecule has 0 radical (unpaired) electrons. The Hall–Kier alpha value is -4.64. The number of benzene rings is 2. The minimum Gasteiger partial charge on any atom is -0.444 e. The van der Waals surface area contributed by atoms with Gasteiger partial charge < -0.3 is 19.3 Å². The summed E-state index contributed by atoms with van der Waals surface area (Å²) in [5, 5.41) is 6.08. The predicted molar refractivity (Wildman–Crippen MR) is 205 cm³/mol. The molecule has 2 aromatic heterocycles. The Morgan fingerprint density at radius 3 is 2.28 bits per heavy atom. The Bertz CT molecular complexity index is 2020. The third-order valence-electron chi connectivity index (χ3n) is 10.8. The van der Waals surface area contributed by atoms with E-state index in [-0.39, 0.29) is 30.3 Å². The number of amides is 2. The van der Waals surface area contributed by atoms with E-state index in [2.05, 4.69) is 24.3 Å². The first-order chi connectivity index (χ1) is 25.4. The van der Waals surface area contributed by atoms with Crippen molar-refractivity contribution in [2.45, 2.75) is 110 Å². The first-order valence-corrected chi connectivity index (χ1v) is 19.3. The number of hydrogen-bond donors (Lipinski definition) is 0. The zero-order valence-electron chi connectivity index (χ0n) is 32.1. The fraction of sp³-hybridized carbons (Fsp3) is 0.524. The molecule has 2 aromatic carbocycles. The Morgan fingerprint density at radius 1 is 0.887 bits per heavy atom. The Kier molecular flexibility index (Phi) is 10.4. The summed E-state index contributed by atoms with van der Waals surface area (Å²) in [7, 11) is 0. The number of carbonyl (C=O) groups is 2. The minimum absolute atomic E-state index is 0.0161. The van der Waals surface area contributed by atoms with Crippen LogP contribution < -0.4 is 0 Å². The molecule has 3 aliphatic rings. The number of aryl methyl sites for hydroxylation is 3. The van der Waals surface area contributed by atoms with Gasteiger partial charge in [-0.3, -0.25) is 4.79 Å². The van der Waals surface area contributed by atoms with E-state index in [9.17, 15) is 14.5 Å². The Balaban J connectivity index is 1.16. The third kappa shape index (κ3) is 7.86. The highest BCUT2D eigenvalue weighted by molar-refractivity contribution is 5.98. The van der Waals surface area contributed by atoms with Crippen molar-refractivity contribution in [3.8, 4) is 22.4 Å². The monoisotopic (exact) mass is 721 g/mol. The molecule has 2 unspecified atom stereocenters. The molecule has 2 atom stereocenters. The van der Waals surface area contributed by atoms with Gasteiger partial charge in [0.2, 0.25) is 6.04 Å². The van der Waals surface area contributed by atoms with Gasteiger partial charge in [0.25, 0.3) is 5.91 Å². The highest BCUT2D eigenvalue weighted by atomic mass is 16.6. The maximum atomic E-state index is 13.7. The number of piperazine rings is 1. The van der Waals surface area contributed by atoms with E-state index >= 15 is 0 Å². The van der Waals surface area contributed by atoms with Gasteiger partial charge in [-0.05, 0) is 100 Å². The van der Waals surface area contributed by atoms with Crippen LogP contribution in [0.2, 0.25) is 0 Å². The van der Waals surface area contributed by atoms with E-state index in [0.29, 0.717) is 38.3 Å². The van der Waals surface area contributed by atoms with Crippen molar-refractivity contribution in [3.05, 3.63) is 75.8 Å². The van der Waals surface area contributed by atoms with Gasteiger partial charge in [0, 0.05) is 97.4 Å². The highest BCUT2D eigenvalue weighted by Crippen LogP contribution is 2.36. The zero-order chi connectivity index (χ0) is 37.4. The normalized spacial score (nSPS) is 19.6. The summed E-state index contributed by atoms with van der Waals surface area (Å²) >= 11 is 0. The molecule has 1 aliphatic carbocycles. The van der Waals surface area contributed by atoms with Gasteiger partial charge in [0.1, 0.15) is 11.3 Å². The molecule has 53 heavy (non-hydrogen) atoms. The summed E-state index contributed by atoms with van der Waals surface area (Å²) in [6.07, 6.45) is 7.89. The predicted octanol–water partition coefficient (Wildman–Crippen LogP) is 7.90. The molecule has 2 aliphatic heterocycles. The number of hydrogen-bond acceptors (Lipinski definition) is 7. The van der Waals surface area contributed by atoms with Gasteiger partial charge in [0.15, 0.2) is 17.9 Å².